The first-order chi connectivity index (χ1) is 7.38. The molecule has 0 aliphatic rings. The van der Waals surface area contributed by atoms with Gasteiger partial charge in [0.2, 0.25) is 0 Å². The monoisotopic (exact) mass is 199 g/mol. The van der Waals surface area contributed by atoms with E-state index in [1.807, 2.05) is 54.6 Å². The summed E-state index contributed by atoms with van der Waals surface area (Å²) >= 11 is 0. The molecule has 0 heterocycles. The highest BCUT2D eigenvalue weighted by atomic mass is 16.5. The molecule has 0 saturated heterocycles. The summed E-state index contributed by atoms with van der Waals surface area (Å²) in [7, 11) is 3.72. The summed E-state index contributed by atoms with van der Waals surface area (Å²) in [6.07, 6.45) is 0. The minimum atomic E-state index is 0.832. The van der Waals surface area contributed by atoms with Gasteiger partial charge in [-0.05, 0) is 24.3 Å². The lowest BCUT2D eigenvalue weighted by Crippen LogP contribution is -2.69. The molecule has 0 aliphatic carbocycles. The van der Waals surface area contributed by atoms with Crippen molar-refractivity contribution < 1.29 is 10.1 Å². The van der Waals surface area contributed by atoms with E-state index in [-0.39, 0.29) is 0 Å². The number of para-hydroxylation sites is 1. The van der Waals surface area contributed by atoms with E-state index >= 15 is 0 Å². The lowest BCUT2D eigenvalue weighted by atomic mass is 10.3. The molecule has 0 bridgehead atoms. The van der Waals surface area contributed by atoms with Gasteiger partial charge in [-0.3, -0.25) is 0 Å². The summed E-state index contributed by atoms with van der Waals surface area (Å²) in [5.41, 5.74) is 1.06. The maximum absolute atomic E-state index is 5.67. The van der Waals surface area contributed by atoms with Gasteiger partial charge in [-0.2, -0.15) is 0 Å². The number of ether oxygens (including phenoxy) is 1. The van der Waals surface area contributed by atoms with Crippen molar-refractivity contribution in [3.05, 3.63) is 61.6 Å². The predicted octanol–water partition coefficient (Wildman–Crippen LogP) is 2.47. The van der Waals surface area contributed by atoms with Crippen LogP contribution in [0.1, 0.15) is 0 Å². The zero-order chi connectivity index (χ0) is 10.5. The number of quaternary nitrogens is 1. The highest BCUT2D eigenvalue weighted by Gasteiger charge is 1.97. The Balaban J connectivity index is 2.17. The van der Waals surface area contributed by atoms with E-state index in [0.29, 0.717) is 0 Å². The highest BCUT2D eigenvalue weighted by molar-refractivity contribution is 5.39. The molecule has 2 aromatic rings. The molecule has 2 nitrogen and oxygen atoms in total. The Hall–Kier alpha value is -1.80. The molecular formula is C13H13NO. The Bertz CT molecular complexity index is 426. The number of hydrogen-bond acceptors (Lipinski definition) is 1. The summed E-state index contributed by atoms with van der Waals surface area (Å²) in [5.74, 6) is 1.68. The largest absolute Gasteiger partial charge is 0.457 e. The maximum atomic E-state index is 5.67. The minimum Gasteiger partial charge on any atom is -0.457 e. The Kier molecular flexibility index (Phi) is 3.00. The van der Waals surface area contributed by atoms with Crippen LogP contribution in [0.5, 0.6) is 11.5 Å². The Morgan fingerprint density at radius 2 is 1.60 bits per heavy atom. The van der Waals surface area contributed by atoms with E-state index < -0.39 is 0 Å². The molecule has 2 N–H and O–H groups in total. The standard InChI is InChI=1S/C13H13NO/c1-14-11-6-5-9-13(10-11)15-12-7-3-2-4-8-12/h2-10H,1,14H2. The molecule has 15 heavy (non-hydrogen) atoms. The zero-order valence-electron chi connectivity index (χ0n) is 8.39. The molecule has 0 aliphatic heterocycles. The lowest BCUT2D eigenvalue weighted by Gasteiger charge is -2.06. The second-order valence-electron chi connectivity index (χ2n) is 3.19. The van der Waals surface area contributed by atoms with Crippen molar-refractivity contribution in [1.29, 1.82) is 0 Å². The summed E-state index contributed by atoms with van der Waals surface area (Å²) < 4.78 is 5.67. The Labute approximate surface area is 89.5 Å². The number of nitrogens with two attached hydrogens (primary N) is 1. The third-order valence-electron chi connectivity index (χ3n) is 2.07. The van der Waals surface area contributed by atoms with Crippen molar-refractivity contribution in [3.63, 3.8) is 0 Å². The van der Waals surface area contributed by atoms with E-state index in [1.165, 1.54) is 0 Å². The van der Waals surface area contributed by atoms with Crippen LogP contribution in [-0.4, -0.2) is 0 Å². The predicted molar refractivity (Wildman–Crippen MR) is 59.9 cm³/mol. The average molecular weight is 199 g/mol. The fourth-order valence-corrected chi connectivity index (χ4v) is 1.33. The van der Waals surface area contributed by atoms with Crippen molar-refractivity contribution >= 4 is 5.69 Å². The van der Waals surface area contributed by atoms with Crippen molar-refractivity contribution in [1.82, 2.24) is 0 Å². The van der Waals surface area contributed by atoms with Crippen LogP contribution in [0.2, 0.25) is 0 Å². The van der Waals surface area contributed by atoms with E-state index in [1.54, 1.807) is 5.32 Å². The molecular weight excluding hydrogens is 186 g/mol. The molecule has 0 amide bonds. The first-order valence-electron chi connectivity index (χ1n) is 4.84. The molecule has 0 saturated carbocycles. The fraction of sp³-hybridized carbons (Fsp3) is 0. The van der Waals surface area contributed by atoms with Crippen molar-refractivity contribution in [2.24, 2.45) is 0 Å². The summed E-state index contributed by atoms with van der Waals surface area (Å²) in [5, 5.41) is 1.80. The second kappa shape index (κ2) is 4.62. The molecule has 0 aromatic heterocycles. The normalized spacial score (nSPS) is 9.93. The van der Waals surface area contributed by atoms with Crippen LogP contribution in [-0.2, 0) is 0 Å². The summed E-state index contributed by atoms with van der Waals surface area (Å²) in [6, 6.07) is 17.6. The van der Waals surface area contributed by atoms with Gasteiger partial charge >= 0.3 is 0 Å². The fourth-order valence-electron chi connectivity index (χ4n) is 1.33. The highest BCUT2D eigenvalue weighted by Crippen LogP contribution is 2.21. The van der Waals surface area contributed by atoms with E-state index in [0.717, 1.165) is 17.2 Å². The van der Waals surface area contributed by atoms with E-state index in [9.17, 15) is 0 Å². The number of hydrogen-bond donors (Lipinski definition) is 1. The van der Waals surface area contributed by atoms with E-state index in [4.69, 9.17) is 4.74 Å². The molecule has 76 valence electrons. The molecule has 0 spiro atoms. The molecule has 2 aromatic carbocycles. The molecule has 2 rings (SSSR count). The van der Waals surface area contributed by atoms with Crippen LogP contribution in [0.3, 0.4) is 0 Å². The summed E-state index contributed by atoms with van der Waals surface area (Å²) in [4.78, 5) is 0. The smallest absolute Gasteiger partial charge is 0.133 e. The number of benzene rings is 2. The molecule has 0 atom stereocenters. The van der Waals surface area contributed by atoms with Gasteiger partial charge in [-0.25, -0.2) is 0 Å². The van der Waals surface area contributed by atoms with Crippen LogP contribution in [0.25, 0.3) is 0 Å². The van der Waals surface area contributed by atoms with Gasteiger partial charge < -0.3 is 10.1 Å². The average Bonchev–Trinajstić information content (AvgIpc) is 2.31. The van der Waals surface area contributed by atoms with Crippen LogP contribution in [0.15, 0.2) is 54.6 Å². The van der Waals surface area contributed by atoms with Gasteiger partial charge in [-0.15, -0.1) is 7.05 Å². The molecule has 0 unspecified atom stereocenters. The Morgan fingerprint density at radius 3 is 2.33 bits per heavy atom. The van der Waals surface area contributed by atoms with Gasteiger partial charge in [0.05, 0.1) is 0 Å². The topological polar surface area (TPSA) is 25.8 Å². The first-order valence-corrected chi connectivity index (χ1v) is 4.84. The molecule has 0 fully saturated rings. The zero-order valence-corrected chi connectivity index (χ0v) is 8.39. The second-order valence-corrected chi connectivity index (χ2v) is 3.19. The maximum Gasteiger partial charge on any atom is 0.133 e. The van der Waals surface area contributed by atoms with Gasteiger partial charge in [-0.1, -0.05) is 24.3 Å². The third kappa shape index (κ3) is 2.58. The van der Waals surface area contributed by atoms with Crippen molar-refractivity contribution in [2.75, 3.05) is 0 Å². The molecule has 2 heteroatoms. The van der Waals surface area contributed by atoms with Crippen molar-refractivity contribution in [2.45, 2.75) is 0 Å². The summed E-state index contributed by atoms with van der Waals surface area (Å²) in [6.45, 7) is 0. The first kappa shape index (κ1) is 9.74. The van der Waals surface area contributed by atoms with Crippen LogP contribution >= 0.6 is 0 Å². The van der Waals surface area contributed by atoms with Gasteiger partial charge in [0.25, 0.3) is 0 Å². The molecule has 0 radical (unpaired) electrons. The van der Waals surface area contributed by atoms with Gasteiger partial charge in [0.15, 0.2) is 0 Å². The van der Waals surface area contributed by atoms with Gasteiger partial charge in [0, 0.05) is 6.07 Å². The third-order valence-corrected chi connectivity index (χ3v) is 2.07. The lowest BCUT2D eigenvalue weighted by molar-refractivity contribution is -0.504. The number of rotatable bonds is 3. The van der Waals surface area contributed by atoms with E-state index in [2.05, 4.69) is 7.05 Å². The quantitative estimate of drug-likeness (QED) is 0.596. The Morgan fingerprint density at radius 1 is 0.867 bits per heavy atom. The van der Waals surface area contributed by atoms with Crippen LogP contribution < -0.4 is 10.1 Å². The van der Waals surface area contributed by atoms with Crippen LogP contribution in [0.4, 0.5) is 5.69 Å². The van der Waals surface area contributed by atoms with Crippen LogP contribution in [0, 0.1) is 7.05 Å². The van der Waals surface area contributed by atoms with Gasteiger partial charge in [0.1, 0.15) is 17.2 Å². The minimum absolute atomic E-state index is 0.832. The SMILES string of the molecule is [CH2-][NH2+]c1cccc(Oc2ccccc2)c1. The van der Waals surface area contributed by atoms with Crippen molar-refractivity contribution in [3.8, 4) is 11.5 Å².